The molecule has 1 N–H and O–H groups in total. The van der Waals surface area contributed by atoms with Gasteiger partial charge in [-0.2, -0.15) is 0 Å². The van der Waals surface area contributed by atoms with Crippen molar-refractivity contribution in [3.63, 3.8) is 0 Å². The quantitative estimate of drug-likeness (QED) is 0.930. The van der Waals surface area contributed by atoms with Gasteiger partial charge in [0.2, 0.25) is 5.91 Å². The molecule has 3 heterocycles. The highest BCUT2D eigenvalue weighted by molar-refractivity contribution is 5.92. The number of fused-ring (bicyclic) bond motifs is 1. The predicted molar refractivity (Wildman–Crippen MR) is 74.4 cm³/mol. The van der Waals surface area contributed by atoms with Gasteiger partial charge in [-0.3, -0.25) is 9.20 Å². The molecule has 5 heteroatoms. The van der Waals surface area contributed by atoms with Crippen molar-refractivity contribution in [2.45, 2.75) is 25.4 Å². The summed E-state index contributed by atoms with van der Waals surface area (Å²) in [4.78, 5) is 16.7. The van der Waals surface area contributed by atoms with E-state index in [1.54, 1.807) is 6.20 Å². The maximum absolute atomic E-state index is 12.5. The van der Waals surface area contributed by atoms with Crippen LogP contribution in [0, 0.1) is 11.8 Å². The lowest BCUT2D eigenvalue weighted by atomic mass is 9.97. The van der Waals surface area contributed by atoms with Crippen molar-refractivity contribution in [1.82, 2.24) is 9.38 Å². The molecule has 1 aliphatic carbocycles. The first kappa shape index (κ1) is 11.9. The van der Waals surface area contributed by atoms with Gasteiger partial charge >= 0.3 is 0 Å². The van der Waals surface area contributed by atoms with E-state index in [0.717, 1.165) is 17.9 Å². The van der Waals surface area contributed by atoms with Gasteiger partial charge in [-0.25, -0.2) is 4.98 Å². The summed E-state index contributed by atoms with van der Waals surface area (Å²) in [5.41, 5.74) is 0.837. The third kappa shape index (κ3) is 1.98. The molecule has 104 valence electrons. The molecule has 1 saturated heterocycles. The third-order valence-electron chi connectivity index (χ3n) is 4.24. The molecule has 0 radical (unpaired) electrons. The van der Waals surface area contributed by atoms with E-state index in [1.165, 1.54) is 12.8 Å². The Balaban J connectivity index is 1.56. The number of pyridine rings is 1. The molecular weight excluding hydrogens is 254 g/mol. The van der Waals surface area contributed by atoms with Crippen molar-refractivity contribution in [2.24, 2.45) is 11.8 Å². The highest BCUT2D eigenvalue weighted by atomic mass is 16.5. The molecule has 1 amide bonds. The van der Waals surface area contributed by atoms with E-state index in [1.807, 2.05) is 28.8 Å². The number of carbonyl (C=O) groups is 1. The zero-order valence-electron chi connectivity index (χ0n) is 11.2. The van der Waals surface area contributed by atoms with Crippen LogP contribution in [0.4, 0.5) is 5.82 Å². The molecule has 2 aromatic rings. The standard InChI is InChI=1S/C15H17N3O2/c19-15(11-6-9-20-14(11)10-4-5-10)17-13-3-1-2-12-16-7-8-18(12)13/h1-3,7-8,10-11,14H,4-6,9H2,(H,17,19)/t11-,14+/m1/s1. The first-order chi connectivity index (χ1) is 9.83. The average molecular weight is 271 g/mol. The molecule has 0 bridgehead atoms. The van der Waals surface area contributed by atoms with Gasteiger partial charge in [0.05, 0.1) is 12.0 Å². The molecule has 1 saturated carbocycles. The Morgan fingerprint density at radius 2 is 2.25 bits per heavy atom. The van der Waals surface area contributed by atoms with Crippen molar-refractivity contribution < 1.29 is 9.53 Å². The van der Waals surface area contributed by atoms with Crippen LogP contribution in [0.3, 0.4) is 0 Å². The molecule has 1 aliphatic heterocycles. The third-order valence-corrected chi connectivity index (χ3v) is 4.24. The molecular formula is C15H17N3O2. The van der Waals surface area contributed by atoms with Crippen molar-refractivity contribution in [3.05, 3.63) is 30.6 Å². The van der Waals surface area contributed by atoms with Crippen LogP contribution in [0.1, 0.15) is 19.3 Å². The number of rotatable bonds is 3. The normalized spacial score (nSPS) is 26.0. The van der Waals surface area contributed by atoms with E-state index in [0.29, 0.717) is 12.5 Å². The number of aromatic nitrogens is 2. The molecule has 2 fully saturated rings. The van der Waals surface area contributed by atoms with Crippen molar-refractivity contribution in [2.75, 3.05) is 11.9 Å². The van der Waals surface area contributed by atoms with Crippen molar-refractivity contribution in [1.29, 1.82) is 0 Å². The molecule has 2 atom stereocenters. The Morgan fingerprint density at radius 1 is 1.35 bits per heavy atom. The first-order valence-corrected chi connectivity index (χ1v) is 7.17. The maximum atomic E-state index is 12.5. The van der Waals surface area contributed by atoms with E-state index in [4.69, 9.17) is 4.74 Å². The fourth-order valence-electron chi connectivity index (χ4n) is 3.05. The molecule has 5 nitrogen and oxygen atoms in total. The highest BCUT2D eigenvalue weighted by Crippen LogP contribution is 2.41. The Hall–Kier alpha value is -1.88. The summed E-state index contributed by atoms with van der Waals surface area (Å²) in [5, 5.41) is 3.03. The lowest BCUT2D eigenvalue weighted by molar-refractivity contribution is -0.121. The molecule has 0 spiro atoms. The van der Waals surface area contributed by atoms with E-state index < -0.39 is 0 Å². The van der Waals surface area contributed by atoms with Gasteiger partial charge in [-0.05, 0) is 37.3 Å². The summed E-state index contributed by atoms with van der Waals surface area (Å²) >= 11 is 0. The van der Waals surface area contributed by atoms with E-state index in [2.05, 4.69) is 10.3 Å². The van der Waals surface area contributed by atoms with Gasteiger partial charge in [-0.15, -0.1) is 0 Å². The summed E-state index contributed by atoms with van der Waals surface area (Å²) in [6, 6.07) is 5.72. The number of amides is 1. The molecule has 0 aromatic carbocycles. The molecule has 2 aliphatic rings. The van der Waals surface area contributed by atoms with Crippen LogP contribution in [0.2, 0.25) is 0 Å². The number of imidazole rings is 1. The Kier molecular flexibility index (Phi) is 2.73. The van der Waals surface area contributed by atoms with E-state index >= 15 is 0 Å². The number of nitrogens with zero attached hydrogens (tertiary/aromatic N) is 2. The number of anilines is 1. The maximum Gasteiger partial charge on any atom is 0.231 e. The second kappa shape index (κ2) is 4.59. The fourth-order valence-corrected chi connectivity index (χ4v) is 3.05. The monoisotopic (exact) mass is 271 g/mol. The topological polar surface area (TPSA) is 55.6 Å². The summed E-state index contributed by atoms with van der Waals surface area (Å²) in [5.74, 6) is 1.42. The minimum absolute atomic E-state index is 0.0127. The summed E-state index contributed by atoms with van der Waals surface area (Å²) < 4.78 is 7.63. The summed E-state index contributed by atoms with van der Waals surface area (Å²) in [6.45, 7) is 0.703. The zero-order valence-corrected chi connectivity index (χ0v) is 11.2. The van der Waals surface area contributed by atoms with Crippen molar-refractivity contribution >= 4 is 17.4 Å². The average Bonchev–Trinajstić information content (AvgIpc) is 3.00. The van der Waals surface area contributed by atoms with Crippen LogP contribution >= 0.6 is 0 Å². The van der Waals surface area contributed by atoms with E-state index in [9.17, 15) is 4.79 Å². The van der Waals surface area contributed by atoms with Crippen LogP contribution in [0.25, 0.3) is 5.65 Å². The van der Waals surface area contributed by atoms with Crippen LogP contribution in [0.15, 0.2) is 30.6 Å². The number of hydrogen-bond donors (Lipinski definition) is 1. The molecule has 20 heavy (non-hydrogen) atoms. The number of carbonyl (C=O) groups excluding carboxylic acids is 1. The smallest absolute Gasteiger partial charge is 0.231 e. The fraction of sp³-hybridized carbons (Fsp3) is 0.467. The summed E-state index contributed by atoms with van der Waals surface area (Å²) in [6.07, 6.45) is 6.94. The zero-order chi connectivity index (χ0) is 13.5. The van der Waals surface area contributed by atoms with Gasteiger partial charge in [0.1, 0.15) is 11.5 Å². The number of ether oxygens (including phenoxy) is 1. The second-order valence-electron chi connectivity index (χ2n) is 5.62. The van der Waals surface area contributed by atoms with Gasteiger partial charge in [0.25, 0.3) is 0 Å². The lowest BCUT2D eigenvalue weighted by Gasteiger charge is -2.18. The molecule has 4 rings (SSSR count). The number of hydrogen-bond acceptors (Lipinski definition) is 3. The van der Waals surface area contributed by atoms with Crippen LogP contribution < -0.4 is 5.32 Å². The lowest BCUT2D eigenvalue weighted by Crippen LogP contribution is -2.31. The van der Waals surface area contributed by atoms with Gasteiger partial charge in [0.15, 0.2) is 0 Å². The summed E-state index contributed by atoms with van der Waals surface area (Å²) in [7, 11) is 0. The van der Waals surface area contributed by atoms with Crippen molar-refractivity contribution in [3.8, 4) is 0 Å². The Labute approximate surface area is 117 Å². The minimum atomic E-state index is -0.0127. The largest absolute Gasteiger partial charge is 0.377 e. The minimum Gasteiger partial charge on any atom is -0.377 e. The molecule has 0 unspecified atom stereocenters. The van der Waals surface area contributed by atoms with Crippen LogP contribution in [-0.4, -0.2) is 28.0 Å². The second-order valence-corrected chi connectivity index (χ2v) is 5.62. The SMILES string of the molecule is O=C(Nc1cccc2nccn12)[C@@H]1CCO[C@H]1C1CC1. The number of nitrogens with one attached hydrogen (secondary N) is 1. The highest BCUT2D eigenvalue weighted by Gasteiger charge is 2.43. The Morgan fingerprint density at radius 3 is 3.10 bits per heavy atom. The predicted octanol–water partition coefficient (Wildman–Crippen LogP) is 2.09. The first-order valence-electron chi connectivity index (χ1n) is 7.17. The van der Waals surface area contributed by atoms with E-state index in [-0.39, 0.29) is 17.9 Å². The van der Waals surface area contributed by atoms with Crippen LogP contribution in [0.5, 0.6) is 0 Å². The molecule has 2 aromatic heterocycles. The van der Waals surface area contributed by atoms with Crippen LogP contribution in [-0.2, 0) is 9.53 Å². The van der Waals surface area contributed by atoms with Gasteiger partial charge in [-0.1, -0.05) is 6.07 Å². The van der Waals surface area contributed by atoms with Gasteiger partial charge in [0, 0.05) is 19.0 Å². The Bertz CT molecular complexity index is 647. The van der Waals surface area contributed by atoms with Gasteiger partial charge < -0.3 is 10.1 Å².